The second kappa shape index (κ2) is 9.36. The number of aromatic hydroxyl groups is 1. The molecule has 1 amide bonds. The summed E-state index contributed by atoms with van der Waals surface area (Å²) >= 11 is 0. The van der Waals surface area contributed by atoms with Crippen LogP contribution in [0, 0.1) is 23.7 Å². The average molecular weight is 529 g/mol. The number of nitrogens with one attached hydrogen (secondary N) is 1. The van der Waals surface area contributed by atoms with E-state index >= 15 is 0 Å². The molecule has 1 aromatic rings. The number of phenols is 1. The van der Waals surface area contributed by atoms with E-state index in [4.69, 9.17) is 0 Å². The van der Waals surface area contributed by atoms with Crippen LogP contribution in [-0.4, -0.2) is 86.6 Å². The third kappa shape index (κ3) is 3.84. The molecule has 0 aromatic heterocycles. The van der Waals surface area contributed by atoms with Crippen LogP contribution in [-0.2, 0) is 19.2 Å². The van der Waals surface area contributed by atoms with Crippen molar-refractivity contribution in [3.05, 3.63) is 29.3 Å². The molecule has 4 N–H and O–H groups in total. The molecule has 10 nitrogen and oxygen atoms in total. The van der Waals surface area contributed by atoms with Crippen LogP contribution in [0.5, 0.6) is 5.75 Å². The highest BCUT2D eigenvalue weighted by molar-refractivity contribution is 6.32. The van der Waals surface area contributed by atoms with Crippen molar-refractivity contribution in [2.75, 3.05) is 14.1 Å². The first-order chi connectivity index (χ1) is 17.6. The van der Waals surface area contributed by atoms with E-state index in [1.54, 1.807) is 32.9 Å². The van der Waals surface area contributed by atoms with Crippen LogP contribution in [0.15, 0.2) is 18.2 Å². The number of amides is 1. The van der Waals surface area contributed by atoms with E-state index in [-0.39, 0.29) is 11.3 Å². The molecule has 0 heterocycles. The molecule has 10 heteroatoms. The molecule has 3 aliphatic carbocycles. The van der Waals surface area contributed by atoms with Crippen molar-refractivity contribution < 1.29 is 39.3 Å². The molecule has 8 atom stereocenters. The lowest BCUT2D eigenvalue weighted by Crippen LogP contribution is -2.78. The van der Waals surface area contributed by atoms with Crippen LogP contribution < -0.4 is 5.32 Å². The number of likely N-dealkylation sites (N-methyl/N-ethyl adjacent to an activating group) is 1. The number of hydrogen-bond donors (Lipinski definition) is 4. The fraction of sp³-hybridized carbons (Fsp3) is 0.607. The Hall–Kier alpha value is -2.95. The summed E-state index contributed by atoms with van der Waals surface area (Å²) in [6.07, 6.45) is -0.346. The standard InChI is InChI=1S/C28H36N2O8/c1-7-11-27(3,4)29-26(37)18-23(34)20(30(5)6)19-22(33)15-12(2)13-9-8-10-14(31)16(13)21(32)17(15)24(35)28(19,38)25(18)36/h8-10,12,15,17-20,22,31,33,38H,7,11H2,1-6H3,(H,29,37)/t12-,15+,17?,18?,19+,20-,22-,28-/m1/s1. The summed E-state index contributed by atoms with van der Waals surface area (Å²) in [5.41, 5.74) is -3.39. The quantitative estimate of drug-likeness (QED) is 0.401. The van der Waals surface area contributed by atoms with Gasteiger partial charge < -0.3 is 20.6 Å². The molecule has 2 unspecified atom stereocenters. The predicted molar refractivity (Wildman–Crippen MR) is 135 cm³/mol. The van der Waals surface area contributed by atoms with Gasteiger partial charge in [-0.05, 0) is 51.9 Å². The van der Waals surface area contributed by atoms with E-state index in [0.717, 1.165) is 0 Å². The van der Waals surface area contributed by atoms with E-state index in [2.05, 4.69) is 5.32 Å². The van der Waals surface area contributed by atoms with Gasteiger partial charge in [-0.25, -0.2) is 0 Å². The number of hydrogen-bond acceptors (Lipinski definition) is 9. The molecule has 4 rings (SSSR count). The summed E-state index contributed by atoms with van der Waals surface area (Å²) in [5.74, 6) is -12.3. The minimum absolute atomic E-state index is 0.0945. The van der Waals surface area contributed by atoms with E-state index in [1.165, 1.54) is 25.1 Å². The van der Waals surface area contributed by atoms with Gasteiger partial charge in [0, 0.05) is 11.5 Å². The molecule has 206 valence electrons. The molecule has 2 fully saturated rings. The lowest BCUT2D eigenvalue weighted by Gasteiger charge is -2.56. The Labute approximate surface area is 221 Å². The molecule has 2 saturated carbocycles. The summed E-state index contributed by atoms with van der Waals surface area (Å²) in [6.45, 7) is 7.07. The minimum atomic E-state index is -2.96. The number of ketones is 4. The monoisotopic (exact) mass is 528 g/mol. The summed E-state index contributed by atoms with van der Waals surface area (Å²) in [7, 11) is 3.00. The van der Waals surface area contributed by atoms with E-state index in [1.807, 2.05) is 6.92 Å². The molecule has 3 aliphatic rings. The summed E-state index contributed by atoms with van der Waals surface area (Å²) in [5, 5.41) is 36.6. The first kappa shape index (κ1) is 28.1. The van der Waals surface area contributed by atoms with Crippen molar-refractivity contribution in [2.24, 2.45) is 23.7 Å². The highest BCUT2D eigenvalue weighted by atomic mass is 16.3. The second-order valence-electron chi connectivity index (χ2n) is 11.8. The Balaban J connectivity index is 1.86. The molecule has 38 heavy (non-hydrogen) atoms. The first-order valence-corrected chi connectivity index (χ1v) is 13.0. The Bertz CT molecular complexity index is 1220. The Morgan fingerprint density at radius 3 is 2.34 bits per heavy atom. The Morgan fingerprint density at radius 2 is 1.76 bits per heavy atom. The van der Waals surface area contributed by atoms with Gasteiger partial charge in [0.15, 0.2) is 34.7 Å². The molecule has 0 spiro atoms. The number of rotatable bonds is 5. The average Bonchev–Trinajstić information content (AvgIpc) is 2.80. The summed E-state index contributed by atoms with van der Waals surface area (Å²) in [4.78, 5) is 69.9. The van der Waals surface area contributed by atoms with Crippen molar-refractivity contribution in [2.45, 2.75) is 69.7 Å². The lowest BCUT2D eigenvalue weighted by molar-refractivity contribution is -0.197. The van der Waals surface area contributed by atoms with Gasteiger partial charge in [-0.1, -0.05) is 32.4 Å². The van der Waals surface area contributed by atoms with Crippen LogP contribution in [0.25, 0.3) is 0 Å². The Morgan fingerprint density at radius 1 is 1.13 bits per heavy atom. The van der Waals surface area contributed by atoms with E-state index in [0.29, 0.717) is 18.4 Å². The molecular formula is C28H36N2O8. The second-order valence-corrected chi connectivity index (χ2v) is 11.8. The van der Waals surface area contributed by atoms with Gasteiger partial charge in [-0.3, -0.25) is 28.9 Å². The largest absolute Gasteiger partial charge is 0.507 e. The smallest absolute Gasteiger partial charge is 0.238 e. The maximum atomic E-state index is 14.0. The number of fused-ring (bicyclic) bond motifs is 3. The maximum Gasteiger partial charge on any atom is 0.238 e. The van der Waals surface area contributed by atoms with Gasteiger partial charge in [0.25, 0.3) is 0 Å². The van der Waals surface area contributed by atoms with E-state index in [9.17, 15) is 39.3 Å². The molecule has 0 bridgehead atoms. The van der Waals surface area contributed by atoms with Gasteiger partial charge in [0.2, 0.25) is 5.91 Å². The van der Waals surface area contributed by atoms with Crippen LogP contribution in [0.3, 0.4) is 0 Å². The zero-order chi connectivity index (χ0) is 28.5. The minimum Gasteiger partial charge on any atom is -0.507 e. The van der Waals surface area contributed by atoms with Gasteiger partial charge >= 0.3 is 0 Å². The highest BCUT2D eigenvalue weighted by Gasteiger charge is 2.73. The van der Waals surface area contributed by atoms with Crippen molar-refractivity contribution in [3.8, 4) is 5.75 Å². The van der Waals surface area contributed by atoms with Gasteiger partial charge in [-0.2, -0.15) is 0 Å². The topological polar surface area (TPSA) is 161 Å². The SMILES string of the molecule is CCCC(C)(C)NC(=O)C1C(=O)[C@H](N(C)C)[C@H]2[C@H](O)[C@@H]3C(C(=O)c4c(O)cccc4[C@H]3C)C(=O)[C@@]2(O)C1=O. The highest BCUT2D eigenvalue weighted by Crippen LogP contribution is 2.54. The number of aliphatic hydroxyl groups is 2. The van der Waals surface area contributed by atoms with Crippen LogP contribution in [0.2, 0.25) is 0 Å². The van der Waals surface area contributed by atoms with Gasteiger partial charge in [-0.15, -0.1) is 0 Å². The van der Waals surface area contributed by atoms with E-state index < -0.39 is 81.9 Å². The molecule has 0 aliphatic heterocycles. The van der Waals surface area contributed by atoms with Crippen LogP contribution in [0.4, 0.5) is 0 Å². The molecule has 1 aromatic carbocycles. The van der Waals surface area contributed by atoms with Crippen molar-refractivity contribution in [1.29, 1.82) is 0 Å². The number of Topliss-reactive ketones (excluding diaryl/α,β-unsaturated/α-hetero) is 4. The van der Waals surface area contributed by atoms with Gasteiger partial charge in [0.1, 0.15) is 5.75 Å². The zero-order valence-corrected chi connectivity index (χ0v) is 22.5. The maximum absolute atomic E-state index is 14.0. The number of nitrogens with zero attached hydrogens (tertiary/aromatic N) is 1. The fourth-order valence-electron chi connectivity index (χ4n) is 7.02. The zero-order valence-electron chi connectivity index (χ0n) is 22.5. The third-order valence-electron chi connectivity index (χ3n) is 8.67. The fourth-order valence-corrected chi connectivity index (χ4v) is 7.02. The van der Waals surface area contributed by atoms with Crippen LogP contribution >= 0.6 is 0 Å². The number of benzene rings is 1. The van der Waals surface area contributed by atoms with Crippen molar-refractivity contribution in [1.82, 2.24) is 10.2 Å². The number of carbonyl (C=O) groups is 5. The summed E-state index contributed by atoms with van der Waals surface area (Å²) in [6, 6.07) is 3.11. The molecule has 0 saturated heterocycles. The normalized spacial score (nSPS) is 35.0. The van der Waals surface area contributed by atoms with Gasteiger partial charge in [0.05, 0.1) is 29.5 Å². The number of aliphatic hydroxyl groups excluding tert-OH is 1. The number of carbonyl (C=O) groups excluding carboxylic acids is 5. The Kier molecular flexibility index (Phi) is 6.91. The lowest BCUT2D eigenvalue weighted by atomic mass is 9.49. The predicted octanol–water partition coefficient (Wildman–Crippen LogP) is 0.608. The molecular weight excluding hydrogens is 492 g/mol. The summed E-state index contributed by atoms with van der Waals surface area (Å²) < 4.78 is 0. The first-order valence-electron chi connectivity index (χ1n) is 13.0. The van der Waals surface area contributed by atoms with Crippen molar-refractivity contribution >= 4 is 29.0 Å². The molecule has 0 radical (unpaired) electrons. The van der Waals surface area contributed by atoms with Crippen molar-refractivity contribution in [3.63, 3.8) is 0 Å². The number of phenolic OH excluding ortho intramolecular Hbond substituents is 1. The van der Waals surface area contributed by atoms with Crippen LogP contribution in [0.1, 0.15) is 62.4 Å². The third-order valence-corrected chi connectivity index (χ3v) is 8.67.